The van der Waals surface area contributed by atoms with E-state index in [-0.39, 0.29) is 0 Å². The molecule has 0 aliphatic rings. The van der Waals surface area contributed by atoms with E-state index in [0.717, 1.165) is 22.6 Å². The maximum atomic E-state index is 5.73. The van der Waals surface area contributed by atoms with Gasteiger partial charge in [0, 0.05) is 25.0 Å². The Hall–Kier alpha value is -1.95. The van der Waals surface area contributed by atoms with Crippen LogP contribution in [0.2, 0.25) is 0 Å². The monoisotopic (exact) mass is 261 g/mol. The van der Waals surface area contributed by atoms with E-state index < -0.39 is 0 Å². The largest absolute Gasteiger partial charge is 0.389 e. The van der Waals surface area contributed by atoms with Crippen molar-refractivity contribution in [1.82, 2.24) is 14.8 Å². The van der Waals surface area contributed by atoms with Crippen molar-refractivity contribution in [2.45, 2.75) is 13.8 Å². The summed E-state index contributed by atoms with van der Waals surface area (Å²) in [7, 11) is 1.89. The number of aromatic nitrogens is 3. The summed E-state index contributed by atoms with van der Waals surface area (Å²) in [5.41, 5.74) is 8.54. The van der Waals surface area contributed by atoms with Crippen LogP contribution >= 0.6 is 12.2 Å². The summed E-state index contributed by atoms with van der Waals surface area (Å²) in [6.45, 7) is 3.93. The summed E-state index contributed by atoms with van der Waals surface area (Å²) in [6.07, 6.45) is 1.72. The van der Waals surface area contributed by atoms with Crippen molar-refractivity contribution in [1.29, 1.82) is 0 Å². The predicted molar refractivity (Wildman–Crippen MR) is 76.1 cm³/mol. The fourth-order valence-corrected chi connectivity index (χ4v) is 1.96. The van der Waals surface area contributed by atoms with Gasteiger partial charge in [-0.2, -0.15) is 5.10 Å². The van der Waals surface area contributed by atoms with Crippen LogP contribution < -0.4 is 11.1 Å². The number of nitrogens with two attached hydrogens (primary N) is 1. The van der Waals surface area contributed by atoms with Crippen molar-refractivity contribution < 1.29 is 0 Å². The maximum absolute atomic E-state index is 5.73. The first kappa shape index (κ1) is 12.5. The van der Waals surface area contributed by atoms with Crippen LogP contribution in [0.15, 0.2) is 18.3 Å². The third-order valence-electron chi connectivity index (χ3n) is 2.77. The zero-order chi connectivity index (χ0) is 13.3. The van der Waals surface area contributed by atoms with E-state index in [0.29, 0.717) is 10.8 Å². The minimum absolute atomic E-state index is 0.329. The highest BCUT2D eigenvalue weighted by molar-refractivity contribution is 7.80. The number of anilines is 2. The van der Waals surface area contributed by atoms with E-state index >= 15 is 0 Å². The van der Waals surface area contributed by atoms with Gasteiger partial charge in [0.25, 0.3) is 0 Å². The second-order valence-electron chi connectivity index (χ2n) is 4.14. The second kappa shape index (κ2) is 4.73. The van der Waals surface area contributed by atoms with Crippen LogP contribution in [0.3, 0.4) is 0 Å². The molecule has 5 nitrogen and oxygen atoms in total. The van der Waals surface area contributed by atoms with Gasteiger partial charge < -0.3 is 11.1 Å². The van der Waals surface area contributed by atoms with E-state index in [1.165, 1.54) is 0 Å². The molecule has 0 radical (unpaired) electrons. The van der Waals surface area contributed by atoms with Crippen molar-refractivity contribution >= 4 is 28.8 Å². The van der Waals surface area contributed by atoms with Crippen LogP contribution in [-0.2, 0) is 7.05 Å². The van der Waals surface area contributed by atoms with Gasteiger partial charge in [-0.05, 0) is 25.5 Å². The van der Waals surface area contributed by atoms with Crippen LogP contribution in [0.1, 0.15) is 16.8 Å². The Morgan fingerprint density at radius 1 is 1.44 bits per heavy atom. The fourth-order valence-electron chi connectivity index (χ4n) is 1.71. The average molecular weight is 261 g/mol. The molecule has 0 spiro atoms. The summed E-state index contributed by atoms with van der Waals surface area (Å²) >= 11 is 5.06. The highest BCUT2D eigenvalue weighted by atomic mass is 32.1. The molecule has 2 aromatic heterocycles. The fraction of sp³-hybridized carbons (Fsp3) is 0.250. The lowest BCUT2D eigenvalue weighted by molar-refractivity contribution is 0.743. The number of hydrogen-bond donors (Lipinski definition) is 2. The molecule has 3 N–H and O–H groups in total. The second-order valence-corrected chi connectivity index (χ2v) is 4.58. The minimum Gasteiger partial charge on any atom is -0.389 e. The molecular formula is C12H15N5S. The zero-order valence-electron chi connectivity index (χ0n) is 10.6. The lowest BCUT2D eigenvalue weighted by atomic mass is 10.1. The standard InChI is InChI=1S/C12H15N5S/c1-7-4-5-14-12(10(7)11(13)18)15-9-6-8(2)17(3)16-9/h4-6H,1-3H3,(H2,13,18)(H,14,15,16). The van der Waals surface area contributed by atoms with Crippen molar-refractivity contribution in [3.8, 4) is 0 Å². The number of aryl methyl sites for hydroxylation is 3. The van der Waals surface area contributed by atoms with Gasteiger partial charge in [-0.25, -0.2) is 4.98 Å². The van der Waals surface area contributed by atoms with E-state index in [1.54, 1.807) is 10.9 Å². The number of nitrogens with one attached hydrogen (secondary N) is 1. The highest BCUT2D eigenvalue weighted by Gasteiger charge is 2.11. The lowest BCUT2D eigenvalue weighted by Gasteiger charge is -2.10. The van der Waals surface area contributed by atoms with Crippen LogP contribution in [0.5, 0.6) is 0 Å². The first-order chi connectivity index (χ1) is 8.49. The SMILES string of the molecule is Cc1ccnc(Nc2cc(C)n(C)n2)c1C(N)=S. The topological polar surface area (TPSA) is 68.8 Å². The zero-order valence-corrected chi connectivity index (χ0v) is 11.4. The number of nitrogens with zero attached hydrogens (tertiary/aromatic N) is 3. The first-order valence-corrected chi connectivity index (χ1v) is 5.93. The van der Waals surface area contributed by atoms with Crippen LogP contribution in [0.4, 0.5) is 11.6 Å². The van der Waals surface area contributed by atoms with Gasteiger partial charge in [-0.1, -0.05) is 12.2 Å². The smallest absolute Gasteiger partial charge is 0.153 e. The van der Waals surface area contributed by atoms with Crippen molar-refractivity contribution in [2.75, 3.05) is 5.32 Å². The molecule has 0 aliphatic carbocycles. The molecule has 94 valence electrons. The molecule has 0 bridgehead atoms. The van der Waals surface area contributed by atoms with Gasteiger partial charge in [0.05, 0.1) is 5.56 Å². The summed E-state index contributed by atoms with van der Waals surface area (Å²) in [6, 6.07) is 3.82. The lowest BCUT2D eigenvalue weighted by Crippen LogP contribution is -2.15. The van der Waals surface area contributed by atoms with Gasteiger partial charge in [-0.15, -0.1) is 0 Å². The third-order valence-corrected chi connectivity index (χ3v) is 2.97. The van der Waals surface area contributed by atoms with E-state index in [9.17, 15) is 0 Å². The molecule has 2 heterocycles. The summed E-state index contributed by atoms with van der Waals surface area (Å²) in [5, 5.41) is 7.46. The van der Waals surface area contributed by atoms with Gasteiger partial charge in [0.2, 0.25) is 0 Å². The molecule has 0 amide bonds. The Morgan fingerprint density at radius 3 is 2.72 bits per heavy atom. The Morgan fingerprint density at radius 2 is 2.17 bits per heavy atom. The summed E-state index contributed by atoms with van der Waals surface area (Å²) < 4.78 is 1.79. The average Bonchev–Trinajstić information content (AvgIpc) is 2.57. The molecule has 2 aromatic rings. The van der Waals surface area contributed by atoms with Crippen LogP contribution in [-0.4, -0.2) is 19.8 Å². The quantitative estimate of drug-likeness (QED) is 0.825. The maximum Gasteiger partial charge on any atom is 0.153 e. The van der Waals surface area contributed by atoms with E-state index in [4.69, 9.17) is 18.0 Å². The predicted octanol–water partition coefficient (Wildman–Crippen LogP) is 1.81. The first-order valence-electron chi connectivity index (χ1n) is 5.52. The Bertz CT molecular complexity index is 583. The summed E-state index contributed by atoms with van der Waals surface area (Å²) in [5.74, 6) is 1.37. The number of pyridine rings is 1. The van der Waals surface area contributed by atoms with E-state index in [1.807, 2.05) is 33.0 Å². The molecule has 0 aliphatic heterocycles. The minimum atomic E-state index is 0.329. The Labute approximate surface area is 111 Å². The molecule has 0 aromatic carbocycles. The molecule has 6 heteroatoms. The molecule has 0 atom stereocenters. The third kappa shape index (κ3) is 2.33. The molecule has 0 saturated carbocycles. The molecule has 0 fully saturated rings. The molecule has 0 unspecified atom stereocenters. The van der Waals surface area contributed by atoms with Crippen LogP contribution in [0.25, 0.3) is 0 Å². The van der Waals surface area contributed by atoms with Gasteiger partial charge >= 0.3 is 0 Å². The molecule has 18 heavy (non-hydrogen) atoms. The summed E-state index contributed by atoms with van der Waals surface area (Å²) in [4.78, 5) is 4.60. The molecule has 2 rings (SSSR count). The molecule has 0 saturated heterocycles. The Balaban J connectivity index is 2.40. The van der Waals surface area contributed by atoms with Gasteiger partial charge in [-0.3, -0.25) is 4.68 Å². The Kier molecular flexibility index (Phi) is 3.29. The van der Waals surface area contributed by atoms with Gasteiger partial charge in [0.1, 0.15) is 10.8 Å². The van der Waals surface area contributed by atoms with Gasteiger partial charge in [0.15, 0.2) is 5.82 Å². The van der Waals surface area contributed by atoms with E-state index in [2.05, 4.69) is 15.4 Å². The number of rotatable bonds is 3. The van der Waals surface area contributed by atoms with Crippen LogP contribution in [0, 0.1) is 13.8 Å². The number of hydrogen-bond acceptors (Lipinski definition) is 4. The molecular weight excluding hydrogens is 246 g/mol. The van der Waals surface area contributed by atoms with Crippen molar-refractivity contribution in [3.63, 3.8) is 0 Å². The highest BCUT2D eigenvalue weighted by Crippen LogP contribution is 2.20. The van der Waals surface area contributed by atoms with Crippen molar-refractivity contribution in [2.24, 2.45) is 12.8 Å². The van der Waals surface area contributed by atoms with Crippen molar-refractivity contribution in [3.05, 3.63) is 35.2 Å². The number of thiocarbonyl (C=S) groups is 1. The normalized spacial score (nSPS) is 10.4.